The summed E-state index contributed by atoms with van der Waals surface area (Å²) < 4.78 is 11.0. The van der Waals surface area contributed by atoms with E-state index in [1.807, 2.05) is 9.80 Å². The number of nitrogens with one attached hydrogen (secondary N) is 1. The predicted molar refractivity (Wildman–Crippen MR) is 108 cm³/mol. The minimum Gasteiger partial charge on any atom is -0.384 e. The molecule has 0 bridgehead atoms. The number of likely N-dealkylation sites (tertiary alicyclic amines) is 1. The molecule has 2 atom stereocenters. The van der Waals surface area contributed by atoms with E-state index < -0.39 is 0 Å². The van der Waals surface area contributed by atoms with E-state index in [1.54, 1.807) is 7.11 Å². The molecule has 2 heterocycles. The molecule has 6 nitrogen and oxygen atoms in total. The standard InChI is InChI=1S/C22H33N3O3/c1-27-17-22(16-23-20-15-19(20)18-5-3-2-4-6-18)7-9-24(10-8-22)21(26)25-11-13-28-14-12-25/h2-6,19-20,23H,7-17H2,1H3. The number of hydrogen-bond acceptors (Lipinski definition) is 4. The van der Waals surface area contributed by atoms with Gasteiger partial charge in [0.05, 0.1) is 19.8 Å². The zero-order valence-corrected chi connectivity index (χ0v) is 16.9. The minimum absolute atomic E-state index is 0.125. The molecule has 1 aliphatic carbocycles. The van der Waals surface area contributed by atoms with Crippen molar-refractivity contribution in [3.05, 3.63) is 35.9 Å². The molecule has 1 aromatic carbocycles. The Bertz CT molecular complexity index is 640. The summed E-state index contributed by atoms with van der Waals surface area (Å²) in [6.45, 7) is 6.08. The van der Waals surface area contributed by atoms with E-state index in [4.69, 9.17) is 9.47 Å². The largest absolute Gasteiger partial charge is 0.384 e. The Labute approximate surface area is 168 Å². The van der Waals surface area contributed by atoms with Crippen LogP contribution in [0, 0.1) is 5.41 Å². The second-order valence-electron chi connectivity index (χ2n) is 8.54. The molecule has 6 heteroatoms. The van der Waals surface area contributed by atoms with Gasteiger partial charge < -0.3 is 24.6 Å². The molecular formula is C22H33N3O3. The van der Waals surface area contributed by atoms with Crippen LogP contribution in [0.15, 0.2) is 30.3 Å². The number of ether oxygens (including phenoxy) is 2. The third-order valence-corrected chi connectivity index (χ3v) is 6.58. The highest BCUT2D eigenvalue weighted by Crippen LogP contribution is 2.42. The molecule has 154 valence electrons. The van der Waals surface area contributed by atoms with Gasteiger partial charge in [-0.3, -0.25) is 0 Å². The Kier molecular flexibility index (Phi) is 6.19. The molecule has 2 unspecified atom stereocenters. The maximum atomic E-state index is 12.7. The quantitative estimate of drug-likeness (QED) is 0.814. The van der Waals surface area contributed by atoms with Crippen LogP contribution in [0.5, 0.6) is 0 Å². The van der Waals surface area contributed by atoms with Gasteiger partial charge in [0, 0.05) is 57.2 Å². The number of rotatable bonds is 6. The number of carbonyl (C=O) groups excluding carboxylic acids is 1. The normalized spacial score (nSPS) is 26.9. The van der Waals surface area contributed by atoms with Crippen LogP contribution in [0.1, 0.15) is 30.7 Å². The van der Waals surface area contributed by atoms with Crippen molar-refractivity contribution in [2.24, 2.45) is 5.41 Å². The number of morpholine rings is 1. The number of methoxy groups -OCH3 is 1. The van der Waals surface area contributed by atoms with Gasteiger partial charge in [-0.05, 0) is 24.8 Å². The average Bonchev–Trinajstić information content (AvgIpc) is 3.54. The molecule has 0 spiro atoms. The smallest absolute Gasteiger partial charge is 0.320 e. The van der Waals surface area contributed by atoms with Crippen molar-refractivity contribution in [3.8, 4) is 0 Å². The summed E-state index contributed by atoms with van der Waals surface area (Å²) >= 11 is 0. The lowest BCUT2D eigenvalue weighted by Crippen LogP contribution is -2.54. The monoisotopic (exact) mass is 387 g/mol. The molecule has 2 saturated heterocycles. The molecule has 1 saturated carbocycles. The fraction of sp³-hybridized carbons (Fsp3) is 0.682. The van der Waals surface area contributed by atoms with Gasteiger partial charge in [0.15, 0.2) is 0 Å². The van der Waals surface area contributed by atoms with Crippen molar-refractivity contribution in [1.29, 1.82) is 0 Å². The van der Waals surface area contributed by atoms with Crippen LogP contribution < -0.4 is 5.32 Å². The number of hydrogen-bond donors (Lipinski definition) is 1. The van der Waals surface area contributed by atoms with Crippen LogP contribution in [0.4, 0.5) is 4.79 Å². The third-order valence-electron chi connectivity index (χ3n) is 6.58. The maximum Gasteiger partial charge on any atom is 0.320 e. The predicted octanol–water partition coefficient (Wildman–Crippen LogP) is 2.31. The maximum absolute atomic E-state index is 12.7. The number of piperidine rings is 1. The van der Waals surface area contributed by atoms with Crippen molar-refractivity contribution < 1.29 is 14.3 Å². The lowest BCUT2D eigenvalue weighted by Gasteiger charge is -2.43. The van der Waals surface area contributed by atoms with Crippen LogP contribution in [-0.4, -0.2) is 81.5 Å². The van der Waals surface area contributed by atoms with Gasteiger partial charge in [0.2, 0.25) is 0 Å². The molecule has 4 rings (SSSR count). The summed E-state index contributed by atoms with van der Waals surface area (Å²) in [5.74, 6) is 0.642. The summed E-state index contributed by atoms with van der Waals surface area (Å²) in [6, 6.07) is 11.5. The van der Waals surface area contributed by atoms with Crippen LogP contribution in [-0.2, 0) is 9.47 Å². The molecule has 0 aromatic heterocycles. The molecular weight excluding hydrogens is 354 g/mol. The summed E-state index contributed by atoms with van der Waals surface area (Å²) in [6.07, 6.45) is 3.20. The first-order valence-electron chi connectivity index (χ1n) is 10.6. The number of carbonyl (C=O) groups is 1. The number of benzene rings is 1. The minimum atomic E-state index is 0.125. The number of amides is 2. The summed E-state index contributed by atoms with van der Waals surface area (Å²) in [5.41, 5.74) is 1.56. The zero-order chi connectivity index (χ0) is 19.4. The van der Waals surface area contributed by atoms with Crippen molar-refractivity contribution in [1.82, 2.24) is 15.1 Å². The summed E-state index contributed by atoms with van der Waals surface area (Å²) in [5, 5.41) is 3.80. The SMILES string of the molecule is COCC1(CNC2CC2c2ccccc2)CCN(C(=O)N2CCOCC2)CC1. The third kappa shape index (κ3) is 4.50. The highest BCUT2D eigenvalue weighted by atomic mass is 16.5. The first-order valence-corrected chi connectivity index (χ1v) is 10.6. The fourth-order valence-corrected chi connectivity index (χ4v) is 4.64. The van der Waals surface area contributed by atoms with Gasteiger partial charge in [-0.25, -0.2) is 4.79 Å². The zero-order valence-electron chi connectivity index (χ0n) is 16.9. The van der Waals surface area contributed by atoms with Crippen molar-refractivity contribution in [3.63, 3.8) is 0 Å². The van der Waals surface area contributed by atoms with Gasteiger partial charge in [-0.1, -0.05) is 30.3 Å². The van der Waals surface area contributed by atoms with Crippen molar-refractivity contribution >= 4 is 6.03 Å². The Hall–Kier alpha value is -1.63. The second-order valence-corrected chi connectivity index (χ2v) is 8.54. The molecule has 1 aromatic rings. The first kappa shape index (κ1) is 19.7. The Morgan fingerprint density at radius 1 is 1.14 bits per heavy atom. The molecule has 3 aliphatic rings. The van der Waals surface area contributed by atoms with Gasteiger partial charge in [-0.15, -0.1) is 0 Å². The van der Waals surface area contributed by atoms with E-state index in [2.05, 4.69) is 35.6 Å². The molecule has 2 amide bonds. The highest BCUT2D eigenvalue weighted by Gasteiger charge is 2.42. The molecule has 2 aliphatic heterocycles. The van der Waals surface area contributed by atoms with Gasteiger partial charge >= 0.3 is 6.03 Å². The van der Waals surface area contributed by atoms with E-state index in [0.717, 1.165) is 39.1 Å². The average molecular weight is 388 g/mol. The van der Waals surface area contributed by atoms with Gasteiger partial charge in [-0.2, -0.15) is 0 Å². The number of urea groups is 1. The van der Waals surface area contributed by atoms with E-state index in [-0.39, 0.29) is 11.4 Å². The second kappa shape index (κ2) is 8.80. The van der Waals surface area contributed by atoms with Crippen molar-refractivity contribution in [2.45, 2.75) is 31.2 Å². The van der Waals surface area contributed by atoms with E-state index in [1.165, 1.54) is 12.0 Å². The molecule has 28 heavy (non-hydrogen) atoms. The summed E-state index contributed by atoms with van der Waals surface area (Å²) in [7, 11) is 1.79. The highest BCUT2D eigenvalue weighted by molar-refractivity contribution is 5.74. The Morgan fingerprint density at radius 2 is 1.82 bits per heavy atom. The van der Waals surface area contributed by atoms with Gasteiger partial charge in [0.1, 0.15) is 0 Å². The summed E-state index contributed by atoms with van der Waals surface area (Å²) in [4.78, 5) is 16.7. The van der Waals surface area contributed by atoms with Crippen LogP contribution in [0.2, 0.25) is 0 Å². The lowest BCUT2D eigenvalue weighted by atomic mass is 9.79. The van der Waals surface area contributed by atoms with Crippen LogP contribution in [0.3, 0.4) is 0 Å². The van der Waals surface area contributed by atoms with E-state index >= 15 is 0 Å². The Balaban J connectivity index is 1.28. The van der Waals surface area contributed by atoms with Crippen molar-refractivity contribution in [2.75, 3.05) is 59.7 Å². The lowest BCUT2D eigenvalue weighted by molar-refractivity contribution is 0.0136. The van der Waals surface area contributed by atoms with Gasteiger partial charge in [0.25, 0.3) is 0 Å². The number of nitrogens with zero attached hydrogens (tertiary/aromatic N) is 2. The Morgan fingerprint density at radius 3 is 2.50 bits per heavy atom. The van der Waals surface area contributed by atoms with Crippen LogP contribution >= 0.6 is 0 Å². The van der Waals surface area contributed by atoms with E-state index in [0.29, 0.717) is 38.3 Å². The fourth-order valence-electron chi connectivity index (χ4n) is 4.64. The topological polar surface area (TPSA) is 54.0 Å². The van der Waals surface area contributed by atoms with E-state index in [9.17, 15) is 4.79 Å². The first-order chi connectivity index (χ1) is 13.7. The molecule has 1 N–H and O–H groups in total. The molecule has 0 radical (unpaired) electrons. The molecule has 3 fully saturated rings. The van der Waals surface area contributed by atoms with Crippen LogP contribution in [0.25, 0.3) is 0 Å².